The Hall–Kier alpha value is -0.930. The largest absolute Gasteiger partial charge is 0.494 e. The molecule has 0 aromatic carbocycles. The van der Waals surface area contributed by atoms with E-state index in [4.69, 9.17) is 0 Å². The van der Waals surface area contributed by atoms with E-state index < -0.39 is 17.8 Å². The predicted octanol–water partition coefficient (Wildman–Crippen LogP) is 2.41. The van der Waals surface area contributed by atoms with E-state index in [9.17, 15) is 13.2 Å². The fraction of sp³-hybridized carbons (Fsp3) is 0.429. The van der Waals surface area contributed by atoms with E-state index >= 15 is 0 Å². The van der Waals surface area contributed by atoms with Crippen molar-refractivity contribution in [3.05, 3.63) is 23.5 Å². The average molecular weight is 164 g/mol. The molecule has 1 atom stereocenters. The first-order valence-electron chi connectivity index (χ1n) is 3.10. The molecule has 0 aliphatic heterocycles. The van der Waals surface area contributed by atoms with Gasteiger partial charge in [0, 0.05) is 6.42 Å². The molecule has 1 nitrogen and oxygen atoms in total. The molecule has 0 bridgehead atoms. The lowest BCUT2D eigenvalue weighted by Crippen LogP contribution is -2.08. The van der Waals surface area contributed by atoms with Crippen LogP contribution in [0.25, 0.3) is 0 Å². The number of halogens is 3. The minimum absolute atomic E-state index is 0.164. The van der Waals surface area contributed by atoms with Crippen molar-refractivity contribution in [3.8, 4) is 0 Å². The molecule has 0 N–H and O–H groups in total. The third-order valence-electron chi connectivity index (χ3n) is 1.43. The topological polar surface area (TPSA) is 9.23 Å². The van der Waals surface area contributed by atoms with Crippen LogP contribution in [0.5, 0.6) is 0 Å². The Morgan fingerprint density at radius 2 is 2.18 bits per heavy atom. The van der Waals surface area contributed by atoms with Gasteiger partial charge in [-0.1, -0.05) is 0 Å². The molecular weight excluding hydrogens is 157 g/mol. The van der Waals surface area contributed by atoms with Crippen molar-refractivity contribution in [2.75, 3.05) is 7.11 Å². The van der Waals surface area contributed by atoms with E-state index in [1.165, 1.54) is 13.2 Å². The van der Waals surface area contributed by atoms with Crippen molar-refractivity contribution < 1.29 is 17.9 Å². The van der Waals surface area contributed by atoms with Gasteiger partial charge in [0.2, 0.25) is 0 Å². The molecule has 62 valence electrons. The summed E-state index contributed by atoms with van der Waals surface area (Å²) in [6.45, 7) is 0. The minimum atomic E-state index is -1.85. The highest BCUT2D eigenvalue weighted by Crippen LogP contribution is 2.29. The first-order valence-corrected chi connectivity index (χ1v) is 3.10. The van der Waals surface area contributed by atoms with Crippen LogP contribution in [0.3, 0.4) is 0 Å². The lowest BCUT2D eigenvalue weighted by atomic mass is 10.1. The molecule has 4 heteroatoms. The standard InChI is InChI=1S/C7H7F3O/c1-11-5-3-2-4(8)6(9)7(5)10/h3-4H,2H2,1H3. The van der Waals surface area contributed by atoms with Crippen LogP contribution < -0.4 is 0 Å². The second-order valence-corrected chi connectivity index (χ2v) is 2.14. The van der Waals surface area contributed by atoms with E-state index in [1.807, 2.05) is 0 Å². The van der Waals surface area contributed by atoms with Crippen molar-refractivity contribution in [1.29, 1.82) is 0 Å². The monoisotopic (exact) mass is 164 g/mol. The van der Waals surface area contributed by atoms with E-state index in [-0.39, 0.29) is 12.2 Å². The SMILES string of the molecule is COC1=CCC(F)C(F)=C1F. The normalized spacial score (nSPS) is 25.1. The molecule has 0 fully saturated rings. The Kier molecular flexibility index (Phi) is 2.22. The summed E-state index contributed by atoms with van der Waals surface area (Å²) in [5.74, 6) is -2.83. The van der Waals surface area contributed by atoms with Gasteiger partial charge in [0.1, 0.15) is 0 Å². The van der Waals surface area contributed by atoms with Crippen molar-refractivity contribution in [2.24, 2.45) is 0 Å². The molecule has 1 rings (SSSR count). The van der Waals surface area contributed by atoms with Gasteiger partial charge in [-0.2, -0.15) is 4.39 Å². The molecule has 0 heterocycles. The average Bonchev–Trinajstić information content (AvgIpc) is 2.01. The highest BCUT2D eigenvalue weighted by Gasteiger charge is 2.25. The van der Waals surface area contributed by atoms with Gasteiger partial charge in [-0.05, 0) is 6.08 Å². The van der Waals surface area contributed by atoms with Crippen LogP contribution in [0, 0.1) is 0 Å². The highest BCUT2D eigenvalue weighted by atomic mass is 19.2. The summed E-state index contributed by atoms with van der Waals surface area (Å²) in [4.78, 5) is 0. The van der Waals surface area contributed by atoms with Gasteiger partial charge in [-0.3, -0.25) is 0 Å². The summed E-state index contributed by atoms with van der Waals surface area (Å²) in [6, 6.07) is 0. The van der Waals surface area contributed by atoms with Crippen molar-refractivity contribution >= 4 is 0 Å². The van der Waals surface area contributed by atoms with Gasteiger partial charge in [0.15, 0.2) is 23.6 Å². The lowest BCUT2D eigenvalue weighted by Gasteiger charge is -2.12. The third-order valence-corrected chi connectivity index (χ3v) is 1.43. The summed E-state index contributed by atoms with van der Waals surface area (Å²) >= 11 is 0. The Bertz CT molecular complexity index is 220. The number of rotatable bonds is 1. The van der Waals surface area contributed by atoms with Gasteiger partial charge in [0.05, 0.1) is 7.11 Å². The Balaban J connectivity index is 2.90. The van der Waals surface area contributed by atoms with Crippen LogP contribution in [0.15, 0.2) is 23.5 Å². The van der Waals surface area contributed by atoms with Gasteiger partial charge >= 0.3 is 0 Å². The molecule has 1 aliphatic rings. The number of ether oxygens (including phenoxy) is 1. The molecule has 1 aliphatic carbocycles. The zero-order chi connectivity index (χ0) is 8.43. The van der Waals surface area contributed by atoms with Crippen LogP contribution in [0.2, 0.25) is 0 Å². The first kappa shape index (κ1) is 8.17. The molecule has 1 unspecified atom stereocenters. The first-order chi connectivity index (χ1) is 5.16. The van der Waals surface area contributed by atoms with Crippen LogP contribution in [0.1, 0.15) is 6.42 Å². The zero-order valence-electron chi connectivity index (χ0n) is 5.90. The summed E-state index contributed by atoms with van der Waals surface area (Å²) in [7, 11) is 1.21. The molecule has 0 aromatic heterocycles. The number of allylic oxidation sites excluding steroid dienone is 3. The van der Waals surface area contributed by atoms with E-state index in [0.29, 0.717) is 0 Å². The lowest BCUT2D eigenvalue weighted by molar-refractivity contribution is 0.245. The molecule has 0 spiro atoms. The Morgan fingerprint density at radius 1 is 1.55 bits per heavy atom. The molecule has 11 heavy (non-hydrogen) atoms. The fourth-order valence-electron chi connectivity index (χ4n) is 0.832. The van der Waals surface area contributed by atoms with Crippen LogP contribution in [0.4, 0.5) is 13.2 Å². The summed E-state index contributed by atoms with van der Waals surface area (Å²) in [5.41, 5.74) is 0. The third kappa shape index (κ3) is 1.39. The van der Waals surface area contributed by atoms with Gasteiger partial charge in [0.25, 0.3) is 0 Å². The maximum atomic E-state index is 12.6. The van der Waals surface area contributed by atoms with Crippen molar-refractivity contribution in [3.63, 3.8) is 0 Å². The second-order valence-electron chi connectivity index (χ2n) is 2.14. The summed E-state index contributed by atoms with van der Waals surface area (Å²) in [6.07, 6.45) is -0.834. The smallest absolute Gasteiger partial charge is 0.199 e. The van der Waals surface area contributed by atoms with Crippen molar-refractivity contribution in [2.45, 2.75) is 12.6 Å². The minimum Gasteiger partial charge on any atom is -0.494 e. The Labute approximate surface area is 62.2 Å². The Morgan fingerprint density at radius 3 is 2.73 bits per heavy atom. The van der Waals surface area contributed by atoms with Crippen LogP contribution >= 0.6 is 0 Å². The molecule has 0 saturated carbocycles. The molecular formula is C7H7F3O. The maximum absolute atomic E-state index is 12.6. The van der Waals surface area contributed by atoms with Gasteiger partial charge in [-0.25, -0.2) is 8.78 Å². The molecule has 0 amide bonds. The van der Waals surface area contributed by atoms with Crippen LogP contribution in [-0.4, -0.2) is 13.3 Å². The fourth-order valence-corrected chi connectivity index (χ4v) is 0.832. The molecule has 0 radical (unpaired) electrons. The quantitative estimate of drug-likeness (QED) is 0.578. The number of hydrogen-bond donors (Lipinski definition) is 0. The number of methoxy groups -OCH3 is 1. The van der Waals surface area contributed by atoms with E-state index in [1.54, 1.807) is 0 Å². The zero-order valence-corrected chi connectivity index (χ0v) is 5.90. The van der Waals surface area contributed by atoms with Gasteiger partial charge < -0.3 is 4.74 Å². The van der Waals surface area contributed by atoms with Crippen molar-refractivity contribution in [1.82, 2.24) is 0 Å². The predicted molar refractivity (Wildman–Crippen MR) is 33.8 cm³/mol. The molecule has 0 saturated heterocycles. The van der Waals surface area contributed by atoms with E-state index in [2.05, 4.69) is 4.74 Å². The molecule has 0 aromatic rings. The second kappa shape index (κ2) is 2.98. The number of hydrogen-bond acceptors (Lipinski definition) is 1. The van der Waals surface area contributed by atoms with Crippen LogP contribution in [-0.2, 0) is 4.74 Å². The summed E-state index contributed by atoms with van der Waals surface area (Å²) in [5, 5.41) is 0. The van der Waals surface area contributed by atoms with E-state index in [0.717, 1.165) is 0 Å². The van der Waals surface area contributed by atoms with Gasteiger partial charge in [-0.15, -0.1) is 0 Å². The number of alkyl halides is 1. The summed E-state index contributed by atoms with van der Waals surface area (Å²) < 4.78 is 41.8. The maximum Gasteiger partial charge on any atom is 0.199 e. The highest BCUT2D eigenvalue weighted by molar-refractivity contribution is 5.28.